The first-order valence-corrected chi connectivity index (χ1v) is 30.6. The second-order valence-corrected chi connectivity index (χ2v) is 23.2. The zero-order valence-corrected chi connectivity index (χ0v) is 48.8. The molecule has 4 nitrogen and oxygen atoms in total. The Labute approximate surface area is 518 Å². The summed E-state index contributed by atoms with van der Waals surface area (Å²) >= 11 is 0. The fourth-order valence-corrected chi connectivity index (χ4v) is 14.4. The van der Waals surface area contributed by atoms with Crippen LogP contribution in [0.1, 0.15) is 22.3 Å². The lowest BCUT2D eigenvalue weighted by Crippen LogP contribution is -2.28. The molecule has 4 heteroatoms. The van der Waals surface area contributed by atoms with E-state index in [1.54, 1.807) is 0 Å². The summed E-state index contributed by atoms with van der Waals surface area (Å²) in [6, 6.07) is 129. The monoisotopic (exact) mass is 1130 g/mol. The molecule has 0 radical (unpaired) electrons. The number of benzene rings is 14. The Morgan fingerprint density at radius 1 is 0.213 bits per heavy atom. The van der Waals surface area contributed by atoms with Crippen molar-refractivity contribution in [3.63, 3.8) is 0 Å². The van der Waals surface area contributed by atoms with E-state index < -0.39 is 5.41 Å². The molecule has 2 aromatic heterocycles. The smallest absolute Gasteiger partial charge is 0.0713 e. The summed E-state index contributed by atoms with van der Waals surface area (Å²) < 4.78 is 4.77. The molecule has 0 amide bonds. The summed E-state index contributed by atoms with van der Waals surface area (Å²) in [6.07, 6.45) is 0. The summed E-state index contributed by atoms with van der Waals surface area (Å²) in [5.41, 5.74) is 24.8. The largest absolute Gasteiger partial charge is 0.310 e. The van der Waals surface area contributed by atoms with Crippen LogP contribution in [-0.4, -0.2) is 9.13 Å². The van der Waals surface area contributed by atoms with Gasteiger partial charge in [0, 0.05) is 67.0 Å². The quantitative estimate of drug-likeness (QED) is 0.121. The number of rotatable bonds is 12. The molecule has 0 atom stereocenters. The second-order valence-electron chi connectivity index (χ2n) is 23.2. The van der Waals surface area contributed by atoms with Crippen LogP contribution < -0.4 is 9.80 Å². The highest BCUT2D eigenvalue weighted by Gasteiger charge is 2.46. The lowest BCUT2D eigenvalue weighted by molar-refractivity contribution is 0.768. The SMILES string of the molecule is c1ccc(-c2ccc3c(c2)-c2cc(-c4ccccc4)ccc2C3(c2ccc(N(c3ccccc3)c3ccc4c(c3)c3ccccc3n4-c3ccccc3)cc2)c2ccc(N(c3ccccc3)c3ccc4c(c3)c3ccccc3n4-c3ccccc3)cc2)cc1. The Balaban J connectivity index is 0.856. The van der Waals surface area contributed by atoms with Gasteiger partial charge < -0.3 is 18.9 Å². The maximum absolute atomic E-state index is 2.44. The van der Waals surface area contributed by atoms with Crippen molar-refractivity contribution in [2.45, 2.75) is 5.41 Å². The number of anilines is 6. The van der Waals surface area contributed by atoms with Crippen LogP contribution in [-0.2, 0) is 5.41 Å². The molecule has 2 heterocycles. The van der Waals surface area contributed by atoms with Gasteiger partial charge in [0.2, 0.25) is 0 Å². The molecule has 0 saturated carbocycles. The van der Waals surface area contributed by atoms with Crippen LogP contribution in [0.4, 0.5) is 34.1 Å². The predicted octanol–water partition coefficient (Wildman–Crippen LogP) is 22.5. The minimum Gasteiger partial charge on any atom is -0.310 e. The average Bonchev–Trinajstić information content (AvgIpc) is 1.58. The highest BCUT2D eigenvalue weighted by Crippen LogP contribution is 2.58. The lowest BCUT2D eigenvalue weighted by Gasteiger charge is -2.35. The Hall–Kier alpha value is -11.7. The molecule has 1 aliphatic rings. The zero-order valence-electron chi connectivity index (χ0n) is 48.8. The number of para-hydroxylation sites is 6. The number of aromatic nitrogens is 2. The van der Waals surface area contributed by atoms with E-state index in [1.807, 2.05) is 0 Å². The number of fused-ring (bicyclic) bond motifs is 9. The van der Waals surface area contributed by atoms with E-state index in [9.17, 15) is 0 Å². The van der Waals surface area contributed by atoms with Crippen molar-refractivity contribution >= 4 is 77.7 Å². The molecule has 0 bridgehead atoms. The molecule has 0 saturated heterocycles. The Morgan fingerprint density at radius 3 is 0.921 bits per heavy atom. The third-order valence-corrected chi connectivity index (χ3v) is 18.4. The third-order valence-electron chi connectivity index (χ3n) is 18.4. The van der Waals surface area contributed by atoms with E-state index in [-0.39, 0.29) is 0 Å². The molecule has 17 rings (SSSR count). The van der Waals surface area contributed by atoms with Crippen LogP contribution >= 0.6 is 0 Å². The van der Waals surface area contributed by atoms with Crippen LogP contribution in [0.25, 0.3) is 88.4 Å². The van der Waals surface area contributed by atoms with Gasteiger partial charge in [-0.3, -0.25) is 0 Å². The Bertz CT molecular complexity index is 4940. The normalized spacial score (nSPS) is 12.4. The Morgan fingerprint density at radius 2 is 0.528 bits per heavy atom. The number of hydrogen-bond donors (Lipinski definition) is 0. The summed E-state index contributed by atoms with van der Waals surface area (Å²) in [6.45, 7) is 0. The average molecular weight is 1140 g/mol. The standard InChI is InChI=1S/C85H58N4/c1-7-23-59(24-8-1)61-39-51-79-75(55-61)76-56-62(60-25-9-2-10-26-60)40-52-80(76)85(79,63-41-45-69(46-42-63)86(65-27-11-3-12-28-65)71-49-53-83-77(57-71)73-35-19-21-37-81(73)88(83)67-31-15-5-16-32-67)64-43-47-70(48-44-64)87(66-29-13-4-14-30-66)72-50-54-84-78(58-72)74-36-20-22-38-82(74)89(84)68-33-17-6-18-34-68/h1-58H. The maximum atomic E-state index is 2.44. The van der Waals surface area contributed by atoms with Crippen LogP contribution in [0.5, 0.6) is 0 Å². The van der Waals surface area contributed by atoms with Gasteiger partial charge in [-0.15, -0.1) is 0 Å². The first-order valence-electron chi connectivity index (χ1n) is 30.6. The van der Waals surface area contributed by atoms with E-state index in [1.165, 1.54) is 99.2 Å². The molecule has 89 heavy (non-hydrogen) atoms. The van der Waals surface area contributed by atoms with Crippen molar-refractivity contribution in [1.82, 2.24) is 9.13 Å². The van der Waals surface area contributed by atoms with Gasteiger partial charge >= 0.3 is 0 Å². The van der Waals surface area contributed by atoms with Crippen molar-refractivity contribution < 1.29 is 0 Å². The molecule has 0 N–H and O–H groups in total. The zero-order chi connectivity index (χ0) is 58.8. The van der Waals surface area contributed by atoms with Gasteiger partial charge in [-0.2, -0.15) is 0 Å². The molecular weight excluding hydrogens is 1080 g/mol. The predicted molar refractivity (Wildman–Crippen MR) is 373 cm³/mol. The van der Waals surface area contributed by atoms with E-state index in [4.69, 9.17) is 0 Å². The van der Waals surface area contributed by atoms with Crippen LogP contribution in [0.15, 0.2) is 352 Å². The van der Waals surface area contributed by atoms with E-state index in [0.29, 0.717) is 0 Å². The fraction of sp³-hybridized carbons (Fsp3) is 0.0118. The van der Waals surface area contributed by atoms with Gasteiger partial charge in [0.15, 0.2) is 0 Å². The van der Waals surface area contributed by atoms with E-state index in [0.717, 1.165) is 45.5 Å². The van der Waals surface area contributed by atoms with Crippen molar-refractivity contribution in [2.75, 3.05) is 9.80 Å². The van der Waals surface area contributed by atoms with Crippen molar-refractivity contribution in [2.24, 2.45) is 0 Å². The van der Waals surface area contributed by atoms with Crippen LogP contribution in [0.3, 0.4) is 0 Å². The molecule has 14 aromatic carbocycles. The fourth-order valence-electron chi connectivity index (χ4n) is 14.4. The number of nitrogens with zero attached hydrogens (tertiary/aromatic N) is 4. The third kappa shape index (κ3) is 8.52. The molecule has 0 unspecified atom stereocenters. The number of hydrogen-bond acceptors (Lipinski definition) is 2. The lowest BCUT2D eigenvalue weighted by atomic mass is 9.67. The highest BCUT2D eigenvalue weighted by molar-refractivity contribution is 6.12. The molecule has 0 aliphatic heterocycles. The molecule has 0 spiro atoms. The molecule has 418 valence electrons. The van der Waals surface area contributed by atoms with Gasteiger partial charge in [0.1, 0.15) is 0 Å². The minimum atomic E-state index is -0.725. The molecule has 1 aliphatic carbocycles. The Kier molecular flexibility index (Phi) is 12.4. The summed E-state index contributed by atoms with van der Waals surface area (Å²) in [7, 11) is 0. The van der Waals surface area contributed by atoms with E-state index >= 15 is 0 Å². The molecule has 0 fully saturated rings. The van der Waals surface area contributed by atoms with Crippen molar-refractivity contribution in [3.05, 3.63) is 374 Å². The first-order chi connectivity index (χ1) is 44.2. The van der Waals surface area contributed by atoms with Gasteiger partial charge in [0.25, 0.3) is 0 Å². The second kappa shape index (κ2) is 21.4. The van der Waals surface area contributed by atoms with Crippen molar-refractivity contribution in [3.8, 4) is 44.8 Å². The first kappa shape index (κ1) is 51.7. The topological polar surface area (TPSA) is 16.3 Å². The van der Waals surface area contributed by atoms with Crippen LogP contribution in [0.2, 0.25) is 0 Å². The van der Waals surface area contributed by atoms with Crippen LogP contribution in [0, 0.1) is 0 Å². The molecule has 16 aromatic rings. The van der Waals surface area contributed by atoms with E-state index in [2.05, 4.69) is 371 Å². The summed E-state index contributed by atoms with van der Waals surface area (Å²) in [5.74, 6) is 0. The van der Waals surface area contributed by atoms with Gasteiger partial charge in [0.05, 0.1) is 27.5 Å². The van der Waals surface area contributed by atoms with Gasteiger partial charge in [-0.05, 0) is 189 Å². The summed E-state index contributed by atoms with van der Waals surface area (Å²) in [4.78, 5) is 4.81. The maximum Gasteiger partial charge on any atom is 0.0713 e. The minimum absolute atomic E-state index is 0.725. The van der Waals surface area contributed by atoms with Crippen molar-refractivity contribution in [1.29, 1.82) is 0 Å². The van der Waals surface area contributed by atoms with Gasteiger partial charge in [-0.25, -0.2) is 0 Å². The molecular formula is C85H58N4. The summed E-state index contributed by atoms with van der Waals surface area (Å²) in [5, 5.41) is 4.84. The van der Waals surface area contributed by atoms with Gasteiger partial charge in [-0.1, -0.05) is 218 Å². The highest BCUT2D eigenvalue weighted by atomic mass is 15.1.